The summed E-state index contributed by atoms with van der Waals surface area (Å²) in [4.78, 5) is 8.21. The van der Waals surface area contributed by atoms with E-state index < -0.39 is 0 Å². The van der Waals surface area contributed by atoms with Gasteiger partial charge in [0.2, 0.25) is 0 Å². The molecular formula is C12H16ClN3. The highest BCUT2D eigenvalue weighted by atomic mass is 35.5. The van der Waals surface area contributed by atoms with Crippen LogP contribution in [0.25, 0.3) is 0 Å². The van der Waals surface area contributed by atoms with E-state index in [1.165, 1.54) is 25.7 Å². The van der Waals surface area contributed by atoms with Gasteiger partial charge in [-0.1, -0.05) is 18.0 Å². The first-order valence-electron chi connectivity index (χ1n) is 6.02. The Morgan fingerprint density at radius 3 is 2.94 bits per heavy atom. The average Bonchev–Trinajstić information content (AvgIpc) is 2.88. The molecule has 0 radical (unpaired) electrons. The minimum absolute atomic E-state index is 0.456. The summed E-state index contributed by atoms with van der Waals surface area (Å²) >= 11 is 5.79. The van der Waals surface area contributed by atoms with E-state index in [9.17, 15) is 0 Å². The molecule has 4 heteroatoms. The second kappa shape index (κ2) is 4.21. The molecule has 2 bridgehead atoms. The van der Waals surface area contributed by atoms with Gasteiger partial charge in [0.25, 0.3) is 0 Å². The Kier molecular flexibility index (Phi) is 2.72. The molecule has 1 N–H and O–H groups in total. The monoisotopic (exact) mass is 237 g/mol. The lowest BCUT2D eigenvalue weighted by Crippen LogP contribution is -2.20. The van der Waals surface area contributed by atoms with Gasteiger partial charge < -0.3 is 5.32 Å². The Bertz CT molecular complexity index is 382. The maximum absolute atomic E-state index is 5.79. The lowest BCUT2D eigenvalue weighted by molar-refractivity contribution is 0.348. The van der Waals surface area contributed by atoms with Gasteiger partial charge in [0.1, 0.15) is 11.0 Å². The fraction of sp³-hybridized carbons (Fsp3) is 0.667. The third kappa shape index (κ3) is 2.01. The summed E-state index contributed by atoms with van der Waals surface area (Å²) in [6.07, 6.45) is 9.03. The largest absolute Gasteiger partial charge is 0.368 e. The summed E-state index contributed by atoms with van der Waals surface area (Å²) < 4.78 is 0. The van der Waals surface area contributed by atoms with Crippen molar-refractivity contribution in [3.8, 4) is 0 Å². The van der Waals surface area contributed by atoms with Crippen molar-refractivity contribution >= 4 is 17.4 Å². The normalized spacial score (nSPS) is 31.9. The average molecular weight is 238 g/mol. The Balaban J connectivity index is 1.57. The van der Waals surface area contributed by atoms with E-state index in [2.05, 4.69) is 15.3 Å². The van der Waals surface area contributed by atoms with Gasteiger partial charge in [-0.25, -0.2) is 4.98 Å². The van der Waals surface area contributed by atoms with Crippen LogP contribution in [0.3, 0.4) is 0 Å². The zero-order valence-electron chi connectivity index (χ0n) is 9.19. The molecular weight excluding hydrogens is 222 g/mol. The molecule has 16 heavy (non-hydrogen) atoms. The van der Waals surface area contributed by atoms with Gasteiger partial charge in [-0.2, -0.15) is 0 Å². The van der Waals surface area contributed by atoms with Gasteiger partial charge >= 0.3 is 0 Å². The van der Waals surface area contributed by atoms with Crippen LogP contribution in [0, 0.1) is 17.8 Å². The molecule has 0 aliphatic heterocycles. The van der Waals surface area contributed by atoms with Crippen molar-refractivity contribution < 1.29 is 0 Å². The lowest BCUT2D eigenvalue weighted by Gasteiger charge is -2.21. The highest BCUT2D eigenvalue weighted by Crippen LogP contribution is 2.48. The number of halogens is 1. The molecule has 0 aromatic carbocycles. The maximum atomic E-state index is 5.79. The van der Waals surface area contributed by atoms with Crippen molar-refractivity contribution in [1.82, 2.24) is 9.97 Å². The molecule has 3 nitrogen and oxygen atoms in total. The topological polar surface area (TPSA) is 37.8 Å². The first-order valence-corrected chi connectivity index (χ1v) is 6.40. The maximum Gasteiger partial charge on any atom is 0.149 e. The van der Waals surface area contributed by atoms with E-state index in [1.54, 1.807) is 12.4 Å². The first-order chi connectivity index (χ1) is 7.81. The molecule has 86 valence electrons. The lowest BCUT2D eigenvalue weighted by atomic mass is 9.89. The van der Waals surface area contributed by atoms with Gasteiger partial charge in [-0.05, 0) is 37.0 Å². The van der Waals surface area contributed by atoms with Gasteiger partial charge in [-0.3, -0.25) is 4.98 Å². The zero-order chi connectivity index (χ0) is 11.0. The Morgan fingerprint density at radius 2 is 2.25 bits per heavy atom. The highest BCUT2D eigenvalue weighted by molar-refractivity contribution is 6.29. The van der Waals surface area contributed by atoms with E-state index >= 15 is 0 Å². The molecule has 0 saturated heterocycles. The van der Waals surface area contributed by atoms with Crippen LogP contribution < -0.4 is 5.32 Å². The molecule has 3 unspecified atom stereocenters. The van der Waals surface area contributed by atoms with Crippen LogP contribution in [0.1, 0.15) is 25.7 Å². The molecule has 1 aromatic rings. The van der Waals surface area contributed by atoms with Gasteiger partial charge in [0.15, 0.2) is 0 Å². The smallest absolute Gasteiger partial charge is 0.149 e. The second-order valence-corrected chi connectivity index (χ2v) is 5.43. The minimum atomic E-state index is 0.456. The third-order valence-electron chi connectivity index (χ3n) is 4.04. The highest BCUT2D eigenvalue weighted by Gasteiger charge is 2.39. The molecule has 3 atom stereocenters. The van der Waals surface area contributed by atoms with E-state index in [0.29, 0.717) is 5.15 Å². The van der Waals surface area contributed by atoms with Crippen molar-refractivity contribution in [2.45, 2.75) is 25.7 Å². The molecule has 2 aliphatic carbocycles. The summed E-state index contributed by atoms with van der Waals surface area (Å²) in [5, 5.41) is 3.81. The molecule has 2 fully saturated rings. The summed E-state index contributed by atoms with van der Waals surface area (Å²) in [5.74, 6) is 3.58. The van der Waals surface area contributed by atoms with Crippen LogP contribution in [-0.2, 0) is 0 Å². The Morgan fingerprint density at radius 1 is 1.31 bits per heavy atom. The summed E-state index contributed by atoms with van der Waals surface area (Å²) in [7, 11) is 0. The quantitative estimate of drug-likeness (QED) is 0.878. The Hall–Kier alpha value is -0.830. The summed E-state index contributed by atoms with van der Waals surface area (Å²) in [6.45, 7) is 1.02. The molecule has 2 saturated carbocycles. The zero-order valence-corrected chi connectivity index (χ0v) is 9.95. The van der Waals surface area contributed by atoms with Crippen LogP contribution in [0.5, 0.6) is 0 Å². The Labute approximate surface area is 101 Å². The predicted octanol–water partition coefficient (Wildman–Crippen LogP) is 2.98. The molecule has 3 rings (SSSR count). The molecule has 1 heterocycles. The van der Waals surface area contributed by atoms with Gasteiger partial charge in [0.05, 0.1) is 12.4 Å². The van der Waals surface area contributed by atoms with Gasteiger partial charge in [0, 0.05) is 6.54 Å². The number of anilines is 1. The summed E-state index contributed by atoms with van der Waals surface area (Å²) in [6, 6.07) is 0. The van der Waals surface area contributed by atoms with Crippen molar-refractivity contribution in [2.75, 3.05) is 11.9 Å². The number of nitrogens with zero attached hydrogens (tertiary/aromatic N) is 2. The van der Waals surface area contributed by atoms with Crippen LogP contribution in [-0.4, -0.2) is 16.5 Å². The molecule has 0 spiro atoms. The summed E-state index contributed by atoms with van der Waals surface area (Å²) in [5.41, 5.74) is 0. The number of fused-ring (bicyclic) bond motifs is 2. The van der Waals surface area contributed by atoms with Crippen LogP contribution in [0.4, 0.5) is 5.82 Å². The predicted molar refractivity (Wildman–Crippen MR) is 64.5 cm³/mol. The standard InChI is InChI=1S/C12H16ClN3/c13-11-6-14-7-12(16-11)15-5-10-4-8-1-2-9(10)3-8/h6-10H,1-5H2,(H,15,16). The van der Waals surface area contributed by atoms with E-state index in [-0.39, 0.29) is 0 Å². The fourth-order valence-corrected chi connectivity index (χ4v) is 3.44. The molecule has 1 aromatic heterocycles. The number of hydrogen-bond acceptors (Lipinski definition) is 3. The van der Waals surface area contributed by atoms with Gasteiger partial charge in [-0.15, -0.1) is 0 Å². The third-order valence-corrected chi connectivity index (χ3v) is 4.22. The fourth-order valence-electron chi connectivity index (χ4n) is 3.29. The van der Waals surface area contributed by atoms with Crippen molar-refractivity contribution in [3.05, 3.63) is 17.5 Å². The SMILES string of the molecule is Clc1cncc(NCC2CC3CCC2C3)n1. The second-order valence-electron chi connectivity index (χ2n) is 5.04. The van der Waals surface area contributed by atoms with E-state index in [4.69, 9.17) is 11.6 Å². The number of nitrogens with one attached hydrogen (secondary N) is 1. The van der Waals surface area contributed by atoms with Crippen LogP contribution >= 0.6 is 11.6 Å². The first kappa shape index (κ1) is 10.3. The van der Waals surface area contributed by atoms with Crippen LogP contribution in [0.15, 0.2) is 12.4 Å². The van der Waals surface area contributed by atoms with Crippen molar-refractivity contribution in [2.24, 2.45) is 17.8 Å². The van der Waals surface area contributed by atoms with Crippen molar-refractivity contribution in [3.63, 3.8) is 0 Å². The number of aromatic nitrogens is 2. The van der Waals surface area contributed by atoms with Crippen LogP contribution in [0.2, 0.25) is 5.15 Å². The minimum Gasteiger partial charge on any atom is -0.368 e. The van der Waals surface area contributed by atoms with E-state index in [1.807, 2.05) is 0 Å². The molecule has 0 amide bonds. The van der Waals surface area contributed by atoms with Crippen molar-refractivity contribution in [1.29, 1.82) is 0 Å². The van der Waals surface area contributed by atoms with E-state index in [0.717, 1.165) is 30.1 Å². The number of rotatable bonds is 3. The number of hydrogen-bond donors (Lipinski definition) is 1. The molecule has 2 aliphatic rings.